The second-order valence-electron chi connectivity index (χ2n) is 6.71. The molecule has 1 aliphatic rings. The Labute approximate surface area is 148 Å². The molecule has 25 heavy (non-hydrogen) atoms. The van der Waals surface area contributed by atoms with Crippen molar-refractivity contribution < 1.29 is 12.9 Å². The molecular formula is C16H25N5O3S. The highest BCUT2D eigenvalue weighted by atomic mass is 32.2. The van der Waals surface area contributed by atoms with Gasteiger partial charge < -0.3 is 4.52 Å². The van der Waals surface area contributed by atoms with E-state index in [-0.39, 0.29) is 4.90 Å². The summed E-state index contributed by atoms with van der Waals surface area (Å²) in [5.74, 6) is 0.346. The largest absolute Gasteiger partial charge is 0.360 e. The van der Waals surface area contributed by atoms with Crippen molar-refractivity contribution in [3.8, 4) is 0 Å². The third-order valence-corrected chi connectivity index (χ3v) is 6.62. The van der Waals surface area contributed by atoms with Gasteiger partial charge in [0.2, 0.25) is 10.0 Å². The third kappa shape index (κ3) is 3.63. The van der Waals surface area contributed by atoms with E-state index in [9.17, 15) is 8.42 Å². The minimum absolute atomic E-state index is 0.205. The molecule has 3 heterocycles. The summed E-state index contributed by atoms with van der Waals surface area (Å²) in [5.41, 5.74) is 1.43. The molecule has 0 aromatic carbocycles. The Balaban J connectivity index is 1.63. The summed E-state index contributed by atoms with van der Waals surface area (Å²) in [6.07, 6.45) is 1.98. The number of hydrogen-bond donors (Lipinski definition) is 0. The Kier molecular flexibility index (Phi) is 4.99. The number of hydrogen-bond acceptors (Lipinski definition) is 6. The second-order valence-corrected chi connectivity index (χ2v) is 8.59. The number of aryl methyl sites for hydroxylation is 2. The average molecular weight is 367 g/mol. The maximum Gasteiger partial charge on any atom is 0.248 e. The summed E-state index contributed by atoms with van der Waals surface area (Å²) in [6, 6.07) is 2.36. The van der Waals surface area contributed by atoms with Crippen molar-refractivity contribution in [1.82, 2.24) is 24.1 Å². The van der Waals surface area contributed by atoms with E-state index in [0.29, 0.717) is 43.7 Å². The number of nitrogens with zero attached hydrogens (tertiary/aromatic N) is 5. The molecule has 0 radical (unpaired) electrons. The topological polar surface area (TPSA) is 84.5 Å². The first kappa shape index (κ1) is 18.1. The summed E-state index contributed by atoms with van der Waals surface area (Å²) < 4.78 is 34.1. The zero-order chi connectivity index (χ0) is 18.2. The van der Waals surface area contributed by atoms with E-state index < -0.39 is 10.0 Å². The molecule has 1 saturated heterocycles. The van der Waals surface area contributed by atoms with Crippen LogP contribution in [0.4, 0.5) is 0 Å². The molecule has 2 aromatic rings. The van der Waals surface area contributed by atoms with Crippen LogP contribution >= 0.6 is 0 Å². The fraction of sp³-hybridized carbons (Fsp3) is 0.625. The molecule has 0 spiro atoms. The van der Waals surface area contributed by atoms with Gasteiger partial charge in [-0.15, -0.1) is 0 Å². The highest BCUT2D eigenvalue weighted by Crippen LogP contribution is 2.24. The minimum Gasteiger partial charge on any atom is -0.360 e. The van der Waals surface area contributed by atoms with Crippen LogP contribution in [0.5, 0.6) is 0 Å². The number of sulfonamides is 1. The van der Waals surface area contributed by atoms with Crippen molar-refractivity contribution in [2.75, 3.05) is 26.2 Å². The van der Waals surface area contributed by atoms with Crippen molar-refractivity contribution >= 4 is 10.0 Å². The van der Waals surface area contributed by atoms with Crippen LogP contribution in [0.25, 0.3) is 0 Å². The standard InChI is InChI=1S/C16H25N5O3S/c1-12(2)21-6-5-15(17-21)11-19-7-9-20(10-8-19)25(22,23)16-13(3)18-24-14(16)4/h5-6,12H,7-11H2,1-4H3. The van der Waals surface area contributed by atoms with Crippen LogP contribution in [0.15, 0.2) is 21.7 Å². The normalized spacial score (nSPS) is 17.5. The van der Waals surface area contributed by atoms with Crippen LogP contribution in [0.1, 0.15) is 37.0 Å². The van der Waals surface area contributed by atoms with Crippen molar-refractivity contribution in [2.24, 2.45) is 0 Å². The molecule has 138 valence electrons. The Bertz CT molecular complexity index is 812. The third-order valence-electron chi connectivity index (χ3n) is 4.48. The first-order chi connectivity index (χ1) is 11.8. The van der Waals surface area contributed by atoms with E-state index in [1.807, 2.05) is 16.9 Å². The van der Waals surface area contributed by atoms with Crippen LogP contribution in [-0.2, 0) is 16.6 Å². The van der Waals surface area contributed by atoms with Gasteiger partial charge in [0.25, 0.3) is 0 Å². The van der Waals surface area contributed by atoms with Crippen molar-refractivity contribution in [2.45, 2.75) is 45.2 Å². The fourth-order valence-corrected chi connectivity index (χ4v) is 4.79. The van der Waals surface area contributed by atoms with Gasteiger partial charge in [-0.25, -0.2) is 8.42 Å². The molecule has 1 aliphatic heterocycles. The minimum atomic E-state index is -3.55. The van der Waals surface area contributed by atoms with Gasteiger partial charge in [-0.3, -0.25) is 9.58 Å². The van der Waals surface area contributed by atoms with E-state index >= 15 is 0 Å². The maximum absolute atomic E-state index is 12.8. The first-order valence-electron chi connectivity index (χ1n) is 8.48. The number of rotatable bonds is 5. The molecule has 1 fully saturated rings. The average Bonchev–Trinajstić information content (AvgIpc) is 3.15. The van der Waals surface area contributed by atoms with Crippen LogP contribution in [0.2, 0.25) is 0 Å². The molecule has 9 heteroatoms. The Morgan fingerprint density at radius 1 is 1.20 bits per heavy atom. The molecule has 0 unspecified atom stereocenters. The lowest BCUT2D eigenvalue weighted by Crippen LogP contribution is -2.48. The van der Waals surface area contributed by atoms with Gasteiger partial charge in [0.1, 0.15) is 10.6 Å². The maximum atomic E-state index is 12.8. The second kappa shape index (κ2) is 6.89. The number of piperazine rings is 1. The highest BCUT2D eigenvalue weighted by Gasteiger charge is 2.33. The van der Waals surface area contributed by atoms with Crippen LogP contribution in [0, 0.1) is 13.8 Å². The van der Waals surface area contributed by atoms with Crippen molar-refractivity contribution in [3.63, 3.8) is 0 Å². The van der Waals surface area contributed by atoms with E-state index in [2.05, 4.69) is 29.0 Å². The first-order valence-corrected chi connectivity index (χ1v) is 9.92. The summed E-state index contributed by atoms with van der Waals surface area (Å²) in [6.45, 7) is 10.5. The van der Waals surface area contributed by atoms with E-state index in [0.717, 1.165) is 12.2 Å². The SMILES string of the molecule is Cc1noc(C)c1S(=O)(=O)N1CCN(Cc2ccn(C(C)C)n2)CC1. The van der Waals surface area contributed by atoms with Gasteiger partial charge >= 0.3 is 0 Å². The lowest BCUT2D eigenvalue weighted by molar-refractivity contribution is 0.179. The van der Waals surface area contributed by atoms with E-state index in [4.69, 9.17) is 4.52 Å². The molecule has 0 atom stereocenters. The summed E-state index contributed by atoms with van der Waals surface area (Å²) >= 11 is 0. The molecular weight excluding hydrogens is 342 g/mol. The highest BCUT2D eigenvalue weighted by molar-refractivity contribution is 7.89. The zero-order valence-corrected chi connectivity index (χ0v) is 16.0. The fourth-order valence-electron chi connectivity index (χ4n) is 3.08. The predicted octanol–water partition coefficient (Wildman–Crippen LogP) is 1.58. The monoisotopic (exact) mass is 367 g/mol. The predicted molar refractivity (Wildman–Crippen MR) is 92.6 cm³/mol. The molecule has 0 amide bonds. The van der Waals surface area contributed by atoms with Crippen LogP contribution in [0.3, 0.4) is 0 Å². The molecule has 0 bridgehead atoms. The van der Waals surface area contributed by atoms with E-state index in [1.54, 1.807) is 13.8 Å². The van der Waals surface area contributed by atoms with Gasteiger partial charge in [-0.1, -0.05) is 5.16 Å². The van der Waals surface area contributed by atoms with Crippen molar-refractivity contribution in [3.05, 3.63) is 29.4 Å². The van der Waals surface area contributed by atoms with Gasteiger partial charge in [0, 0.05) is 45.0 Å². The Morgan fingerprint density at radius 3 is 2.40 bits per heavy atom. The molecule has 0 N–H and O–H groups in total. The molecule has 3 rings (SSSR count). The van der Waals surface area contributed by atoms with E-state index in [1.165, 1.54) is 4.31 Å². The van der Waals surface area contributed by atoms with Crippen molar-refractivity contribution in [1.29, 1.82) is 0 Å². The van der Waals surface area contributed by atoms with Gasteiger partial charge in [0.15, 0.2) is 5.76 Å². The quantitative estimate of drug-likeness (QED) is 0.798. The van der Waals surface area contributed by atoms with Gasteiger partial charge in [-0.2, -0.15) is 9.40 Å². The molecule has 0 aliphatic carbocycles. The van der Waals surface area contributed by atoms with Crippen LogP contribution < -0.4 is 0 Å². The smallest absolute Gasteiger partial charge is 0.248 e. The van der Waals surface area contributed by atoms with Gasteiger partial charge in [0.05, 0.1) is 5.69 Å². The lowest BCUT2D eigenvalue weighted by atomic mass is 10.3. The Morgan fingerprint density at radius 2 is 1.88 bits per heavy atom. The summed E-state index contributed by atoms with van der Waals surface area (Å²) in [7, 11) is -3.55. The summed E-state index contributed by atoms with van der Waals surface area (Å²) in [4.78, 5) is 2.43. The molecule has 2 aromatic heterocycles. The molecule has 0 saturated carbocycles. The summed E-state index contributed by atoms with van der Waals surface area (Å²) in [5, 5.41) is 8.32. The van der Waals surface area contributed by atoms with Gasteiger partial charge in [-0.05, 0) is 33.8 Å². The van der Waals surface area contributed by atoms with Crippen LogP contribution in [-0.4, -0.2) is 58.7 Å². The lowest BCUT2D eigenvalue weighted by Gasteiger charge is -2.33. The zero-order valence-electron chi connectivity index (χ0n) is 15.1. The number of aromatic nitrogens is 3. The Hall–Kier alpha value is -1.71. The molecule has 8 nitrogen and oxygen atoms in total.